The highest BCUT2D eigenvalue weighted by atomic mass is 16.5. The predicted molar refractivity (Wildman–Crippen MR) is 124 cm³/mol. The molecule has 0 aromatic heterocycles. The van der Waals surface area contributed by atoms with Crippen LogP contribution in [0.3, 0.4) is 0 Å². The van der Waals surface area contributed by atoms with Crippen LogP contribution in [0.4, 0.5) is 0 Å². The fourth-order valence-corrected chi connectivity index (χ4v) is 5.69. The van der Waals surface area contributed by atoms with Gasteiger partial charge in [-0.25, -0.2) is 0 Å². The number of carbonyl (C=O) groups is 2. The van der Waals surface area contributed by atoms with E-state index >= 15 is 0 Å². The minimum atomic E-state index is -0.526. The number of nitrogens with zero attached hydrogens (tertiary/aromatic N) is 2. The number of allylic oxidation sites excluding steroid dienone is 2. The minimum Gasteiger partial charge on any atom is -0.462 e. The molecule has 0 N–H and O–H groups in total. The Labute approximate surface area is 195 Å². The van der Waals surface area contributed by atoms with E-state index < -0.39 is 11.5 Å². The average molecular weight is 461 g/mol. The van der Waals surface area contributed by atoms with Crippen molar-refractivity contribution in [2.75, 3.05) is 6.54 Å². The van der Waals surface area contributed by atoms with Crippen molar-refractivity contribution in [3.63, 3.8) is 0 Å². The monoisotopic (exact) mass is 460 g/mol. The van der Waals surface area contributed by atoms with Crippen LogP contribution in [0.1, 0.15) is 66.2 Å². The first-order chi connectivity index (χ1) is 15.7. The summed E-state index contributed by atoms with van der Waals surface area (Å²) in [4.78, 5) is 46.7. The molecule has 1 saturated heterocycles. The van der Waals surface area contributed by atoms with E-state index in [1.54, 1.807) is 0 Å². The van der Waals surface area contributed by atoms with E-state index in [0.29, 0.717) is 25.7 Å². The summed E-state index contributed by atoms with van der Waals surface area (Å²) in [6, 6.07) is -0.526. The van der Waals surface area contributed by atoms with Crippen LogP contribution in [0.15, 0.2) is 34.2 Å². The van der Waals surface area contributed by atoms with Crippen molar-refractivity contribution in [3.8, 4) is 0 Å². The highest BCUT2D eigenvalue weighted by Gasteiger charge is 2.51. The maximum Gasteiger partial charge on any atom is 0.308 e. The predicted octanol–water partition coefficient (Wildman–Crippen LogP) is 5.11. The van der Waals surface area contributed by atoms with Crippen LogP contribution in [-0.4, -0.2) is 36.7 Å². The van der Waals surface area contributed by atoms with Crippen molar-refractivity contribution in [1.29, 1.82) is 0 Å². The Morgan fingerprint density at radius 3 is 2.73 bits per heavy atom. The van der Waals surface area contributed by atoms with E-state index in [-0.39, 0.29) is 60.8 Å². The van der Waals surface area contributed by atoms with Crippen molar-refractivity contribution >= 4 is 11.9 Å². The minimum absolute atomic E-state index is 0.0486. The molecule has 0 saturated carbocycles. The van der Waals surface area contributed by atoms with Gasteiger partial charge in [0.25, 0.3) is 0 Å². The first-order valence-electron chi connectivity index (χ1n) is 12.1. The maximum absolute atomic E-state index is 12.8. The number of cyclic esters (lactones) is 1. The van der Waals surface area contributed by atoms with Gasteiger partial charge in [0.05, 0.1) is 18.9 Å². The number of ether oxygens (including phenoxy) is 2. The number of hydrogen-bond donors (Lipinski definition) is 0. The summed E-state index contributed by atoms with van der Waals surface area (Å²) in [7, 11) is 0. The molecule has 3 aliphatic rings. The summed E-state index contributed by atoms with van der Waals surface area (Å²) in [5.74, 6) is -0.507. The van der Waals surface area contributed by atoms with Gasteiger partial charge in [-0.2, -0.15) is 9.81 Å². The van der Waals surface area contributed by atoms with Crippen LogP contribution >= 0.6 is 0 Å². The molecule has 0 radical (unpaired) electrons. The second-order valence-corrected chi connectivity index (χ2v) is 10.2. The molecule has 33 heavy (non-hydrogen) atoms. The lowest BCUT2D eigenvalue weighted by Gasteiger charge is -2.51. The number of carbonyl (C=O) groups excluding carboxylic acids is 2. The number of fused-ring (bicyclic) bond motifs is 1. The third-order valence-corrected chi connectivity index (χ3v) is 7.97. The van der Waals surface area contributed by atoms with Gasteiger partial charge in [0, 0.05) is 17.8 Å². The van der Waals surface area contributed by atoms with Crippen molar-refractivity contribution in [2.45, 2.75) is 84.5 Å². The Kier molecular flexibility index (Phi) is 8.19. The van der Waals surface area contributed by atoms with Gasteiger partial charge in [-0.3, -0.25) is 9.59 Å². The van der Waals surface area contributed by atoms with Gasteiger partial charge in [0.15, 0.2) is 0 Å². The largest absolute Gasteiger partial charge is 0.462 e. The first-order valence-corrected chi connectivity index (χ1v) is 12.1. The van der Waals surface area contributed by atoms with E-state index in [0.717, 1.165) is 12.0 Å². The fourth-order valence-electron chi connectivity index (χ4n) is 5.69. The summed E-state index contributed by atoms with van der Waals surface area (Å²) in [6.07, 6.45) is 8.77. The maximum atomic E-state index is 12.8. The van der Waals surface area contributed by atoms with E-state index in [4.69, 9.17) is 9.47 Å². The lowest BCUT2D eigenvalue weighted by atomic mass is 9.55. The summed E-state index contributed by atoms with van der Waals surface area (Å²) >= 11 is 0. The lowest BCUT2D eigenvalue weighted by Crippen LogP contribution is -2.50. The molecule has 0 amide bonds. The molecule has 0 spiro atoms. The van der Waals surface area contributed by atoms with Crippen LogP contribution in [0.25, 0.3) is 0 Å². The van der Waals surface area contributed by atoms with E-state index in [1.165, 1.54) is 0 Å². The number of hydrogen-bond acceptors (Lipinski definition) is 8. The van der Waals surface area contributed by atoms with Gasteiger partial charge >= 0.3 is 11.9 Å². The molecule has 0 aromatic rings. The zero-order chi connectivity index (χ0) is 24.2. The van der Waals surface area contributed by atoms with Crippen LogP contribution in [0.2, 0.25) is 0 Å². The molecular formula is C25H36N2O6. The molecule has 3 rings (SSSR count). The smallest absolute Gasteiger partial charge is 0.308 e. The van der Waals surface area contributed by atoms with Gasteiger partial charge in [0.2, 0.25) is 0 Å². The molecule has 0 aromatic carbocycles. The summed E-state index contributed by atoms with van der Waals surface area (Å²) in [5.41, 5.74) is 0.637. The highest BCUT2D eigenvalue weighted by Crippen LogP contribution is 2.54. The molecule has 0 unspecified atom stereocenters. The quantitative estimate of drug-likeness (QED) is 0.349. The van der Waals surface area contributed by atoms with Gasteiger partial charge in [-0.05, 0) is 43.1 Å². The first kappa shape index (κ1) is 25.2. The van der Waals surface area contributed by atoms with Crippen molar-refractivity contribution in [1.82, 2.24) is 0 Å². The third-order valence-electron chi connectivity index (χ3n) is 7.97. The van der Waals surface area contributed by atoms with Crippen LogP contribution in [-0.2, 0) is 19.1 Å². The molecule has 2 aliphatic carbocycles. The van der Waals surface area contributed by atoms with E-state index in [2.05, 4.69) is 42.4 Å². The summed E-state index contributed by atoms with van der Waals surface area (Å²) in [5, 5.41) is 6.17. The number of esters is 2. The number of nitroso groups, excluding NO2 is 2. The molecule has 0 bridgehead atoms. The molecule has 1 fully saturated rings. The van der Waals surface area contributed by atoms with Crippen molar-refractivity contribution in [3.05, 3.63) is 33.6 Å². The van der Waals surface area contributed by atoms with Gasteiger partial charge in [0.1, 0.15) is 18.2 Å². The SMILES string of the molecule is CC[C@H](C)C(=O)O[C@H]1C[C@@H](CN=O)C=C2C=C[C@H](C)[C@H](CC[C@@H]3C[C@@H](N=O)CC(=O)O3)[C@]21C. The van der Waals surface area contributed by atoms with Crippen LogP contribution in [0.5, 0.6) is 0 Å². The molecule has 8 nitrogen and oxygen atoms in total. The Balaban J connectivity index is 1.86. The lowest BCUT2D eigenvalue weighted by molar-refractivity contribution is -0.165. The second-order valence-electron chi connectivity index (χ2n) is 10.2. The normalized spacial score (nSPS) is 36.7. The Morgan fingerprint density at radius 2 is 2.06 bits per heavy atom. The van der Waals surface area contributed by atoms with Crippen molar-refractivity contribution in [2.24, 2.45) is 39.4 Å². The standard InChI is InChI=1S/C25H36N2O6/c1-5-15(2)24(29)33-22-11-17(14-26-30)10-18-7-6-16(3)21(25(18,22)4)9-8-20-12-19(27-31)13-23(28)32-20/h6-7,10,15-17,19-22H,5,8-9,11-14H2,1-4H3/t15-,16-,17-,19+,20+,21-,22-,25-/m0/s1. The van der Waals surface area contributed by atoms with E-state index in [1.807, 2.05) is 13.8 Å². The zero-order valence-electron chi connectivity index (χ0n) is 20.1. The Hall–Kier alpha value is -2.38. The molecular weight excluding hydrogens is 424 g/mol. The van der Waals surface area contributed by atoms with Crippen LogP contribution in [0, 0.1) is 38.9 Å². The Morgan fingerprint density at radius 1 is 1.30 bits per heavy atom. The molecule has 1 heterocycles. The average Bonchev–Trinajstić information content (AvgIpc) is 2.78. The molecule has 1 aliphatic heterocycles. The zero-order valence-corrected chi connectivity index (χ0v) is 20.1. The second kappa shape index (κ2) is 10.7. The van der Waals surface area contributed by atoms with Gasteiger partial charge in [-0.15, -0.1) is 0 Å². The van der Waals surface area contributed by atoms with Gasteiger partial charge in [-0.1, -0.05) is 56.3 Å². The molecule has 8 atom stereocenters. The third kappa shape index (κ3) is 5.41. The topological polar surface area (TPSA) is 111 Å². The molecule has 8 heteroatoms. The fraction of sp³-hybridized carbons (Fsp3) is 0.760. The summed E-state index contributed by atoms with van der Waals surface area (Å²) in [6.45, 7) is 8.28. The number of rotatable bonds is 9. The van der Waals surface area contributed by atoms with Crippen molar-refractivity contribution < 1.29 is 19.1 Å². The van der Waals surface area contributed by atoms with Crippen LogP contribution < -0.4 is 0 Å². The summed E-state index contributed by atoms with van der Waals surface area (Å²) < 4.78 is 11.6. The van der Waals surface area contributed by atoms with E-state index in [9.17, 15) is 19.4 Å². The van der Waals surface area contributed by atoms with Gasteiger partial charge < -0.3 is 9.47 Å². The Bertz CT molecular complexity index is 824. The highest BCUT2D eigenvalue weighted by molar-refractivity contribution is 5.72. The molecule has 182 valence electrons.